The highest BCUT2D eigenvalue weighted by atomic mass is 16.1. The molecule has 0 amide bonds. The van der Waals surface area contributed by atoms with Crippen molar-refractivity contribution in [3.05, 3.63) is 0 Å². The third kappa shape index (κ3) is 3.55. The number of nitrogens with zero attached hydrogens (tertiary/aromatic N) is 2. The van der Waals surface area contributed by atoms with Crippen molar-refractivity contribution in [2.75, 3.05) is 32.7 Å². The second kappa shape index (κ2) is 5.70. The minimum absolute atomic E-state index is 0.174. The van der Waals surface area contributed by atoms with Crippen LogP contribution in [-0.4, -0.2) is 54.3 Å². The molecule has 3 nitrogen and oxygen atoms in total. The first kappa shape index (κ1) is 14.0. The van der Waals surface area contributed by atoms with Gasteiger partial charge in [0.25, 0.3) is 0 Å². The van der Waals surface area contributed by atoms with E-state index in [1.807, 2.05) is 20.8 Å². The largest absolute Gasteiger partial charge is 0.300 e. The van der Waals surface area contributed by atoms with Gasteiger partial charge in [-0.05, 0) is 19.4 Å². The predicted octanol–water partition coefficient (Wildman–Crippen LogP) is 2.16. The number of fused-ring (bicyclic) bond motifs is 1. The molecular weight excluding hydrogens is 224 g/mol. The van der Waals surface area contributed by atoms with Crippen molar-refractivity contribution >= 4 is 5.78 Å². The fourth-order valence-corrected chi connectivity index (χ4v) is 3.06. The van der Waals surface area contributed by atoms with Crippen molar-refractivity contribution < 1.29 is 4.79 Å². The number of carbonyl (C=O) groups excluding carboxylic acids is 1. The minimum Gasteiger partial charge on any atom is -0.300 e. The third-order valence-electron chi connectivity index (χ3n) is 4.41. The summed E-state index contributed by atoms with van der Waals surface area (Å²) in [7, 11) is 0. The summed E-state index contributed by atoms with van der Waals surface area (Å²) in [6.45, 7) is 11.8. The predicted molar refractivity (Wildman–Crippen MR) is 74.7 cm³/mol. The van der Waals surface area contributed by atoms with Gasteiger partial charge in [0, 0.05) is 44.1 Å². The lowest BCUT2D eigenvalue weighted by Crippen LogP contribution is -2.55. The molecule has 0 aromatic rings. The maximum Gasteiger partial charge on any atom is 0.139 e. The first-order chi connectivity index (χ1) is 8.47. The zero-order chi connectivity index (χ0) is 13.2. The highest BCUT2D eigenvalue weighted by Crippen LogP contribution is 2.22. The Balaban J connectivity index is 1.76. The molecule has 18 heavy (non-hydrogen) atoms. The summed E-state index contributed by atoms with van der Waals surface area (Å²) in [4.78, 5) is 17.1. The first-order valence-corrected chi connectivity index (χ1v) is 7.46. The fraction of sp³-hybridized carbons (Fsp3) is 0.933. The van der Waals surface area contributed by atoms with Gasteiger partial charge in [-0.2, -0.15) is 0 Å². The maximum absolute atomic E-state index is 12.0. The van der Waals surface area contributed by atoms with Crippen LogP contribution in [-0.2, 0) is 4.79 Å². The lowest BCUT2D eigenvalue weighted by Gasteiger charge is -2.44. The van der Waals surface area contributed by atoms with E-state index < -0.39 is 0 Å². The number of hydrogen-bond acceptors (Lipinski definition) is 3. The van der Waals surface area contributed by atoms with E-state index in [2.05, 4.69) is 9.80 Å². The van der Waals surface area contributed by atoms with Crippen molar-refractivity contribution in [3.8, 4) is 0 Å². The summed E-state index contributed by atoms with van der Waals surface area (Å²) < 4.78 is 0. The Morgan fingerprint density at radius 2 is 1.94 bits per heavy atom. The molecule has 1 unspecified atom stereocenters. The smallest absolute Gasteiger partial charge is 0.139 e. The van der Waals surface area contributed by atoms with Gasteiger partial charge in [0.2, 0.25) is 0 Å². The van der Waals surface area contributed by atoms with Crippen LogP contribution in [0.2, 0.25) is 0 Å². The molecule has 1 atom stereocenters. The van der Waals surface area contributed by atoms with E-state index in [1.54, 1.807) is 0 Å². The van der Waals surface area contributed by atoms with E-state index in [0.29, 0.717) is 5.78 Å². The number of hydrogen-bond donors (Lipinski definition) is 0. The number of Topliss-reactive ketones (excluding diaryl/α,β-unsaturated/α-hetero) is 1. The van der Waals surface area contributed by atoms with Gasteiger partial charge >= 0.3 is 0 Å². The summed E-state index contributed by atoms with van der Waals surface area (Å²) in [5.74, 6) is 0.397. The SMILES string of the molecule is CC(C)(C)C(=O)CCN1CCN2CCCCC2C1. The zero-order valence-corrected chi connectivity index (χ0v) is 12.2. The fourth-order valence-electron chi connectivity index (χ4n) is 3.06. The van der Waals surface area contributed by atoms with Crippen LogP contribution in [0.15, 0.2) is 0 Å². The van der Waals surface area contributed by atoms with E-state index in [1.165, 1.54) is 38.9 Å². The molecule has 0 saturated carbocycles. The first-order valence-electron chi connectivity index (χ1n) is 7.46. The number of rotatable bonds is 3. The van der Waals surface area contributed by atoms with Crippen molar-refractivity contribution in [1.29, 1.82) is 0 Å². The Bertz CT molecular complexity index is 295. The van der Waals surface area contributed by atoms with Gasteiger partial charge in [-0.3, -0.25) is 9.69 Å². The molecule has 0 aliphatic carbocycles. The number of carbonyl (C=O) groups is 1. The van der Waals surface area contributed by atoms with Gasteiger partial charge in [0.05, 0.1) is 0 Å². The van der Waals surface area contributed by atoms with Crippen molar-refractivity contribution in [1.82, 2.24) is 9.80 Å². The van der Waals surface area contributed by atoms with Crippen LogP contribution in [0.3, 0.4) is 0 Å². The molecule has 0 aromatic heterocycles. The van der Waals surface area contributed by atoms with Crippen molar-refractivity contribution in [2.45, 2.75) is 52.5 Å². The highest BCUT2D eigenvalue weighted by Gasteiger charge is 2.29. The molecule has 2 saturated heterocycles. The second-order valence-electron chi connectivity index (χ2n) is 6.91. The lowest BCUT2D eigenvalue weighted by atomic mass is 9.89. The Morgan fingerprint density at radius 3 is 2.67 bits per heavy atom. The summed E-state index contributed by atoms with van der Waals surface area (Å²) in [5, 5.41) is 0. The molecule has 104 valence electrons. The van der Waals surface area contributed by atoms with Crippen LogP contribution in [0, 0.1) is 5.41 Å². The lowest BCUT2D eigenvalue weighted by molar-refractivity contribution is -0.126. The Kier molecular flexibility index (Phi) is 4.44. The Hall–Kier alpha value is -0.410. The van der Waals surface area contributed by atoms with Crippen LogP contribution >= 0.6 is 0 Å². The summed E-state index contributed by atoms with van der Waals surface area (Å²) in [5.41, 5.74) is -0.174. The average Bonchev–Trinajstić information content (AvgIpc) is 2.34. The van der Waals surface area contributed by atoms with Gasteiger partial charge in [-0.1, -0.05) is 27.2 Å². The molecule has 0 spiro atoms. The number of piperidine rings is 1. The molecule has 0 aromatic carbocycles. The van der Waals surface area contributed by atoms with E-state index >= 15 is 0 Å². The molecule has 2 heterocycles. The molecular formula is C15H28N2O. The van der Waals surface area contributed by atoms with Crippen LogP contribution in [0.1, 0.15) is 46.5 Å². The van der Waals surface area contributed by atoms with Crippen LogP contribution in [0.25, 0.3) is 0 Å². The quantitative estimate of drug-likeness (QED) is 0.769. The van der Waals surface area contributed by atoms with E-state index in [-0.39, 0.29) is 5.41 Å². The standard InChI is InChI=1S/C15H28N2O/c1-15(2,3)14(18)7-9-16-10-11-17-8-5-4-6-13(17)12-16/h13H,4-12H2,1-3H3. The molecule has 0 N–H and O–H groups in total. The van der Waals surface area contributed by atoms with E-state index in [0.717, 1.165) is 25.6 Å². The molecule has 2 rings (SSSR count). The van der Waals surface area contributed by atoms with Crippen LogP contribution in [0.5, 0.6) is 0 Å². The van der Waals surface area contributed by atoms with Crippen LogP contribution in [0.4, 0.5) is 0 Å². The molecule has 2 aliphatic rings. The molecule has 2 aliphatic heterocycles. The zero-order valence-electron chi connectivity index (χ0n) is 12.2. The van der Waals surface area contributed by atoms with E-state index in [4.69, 9.17) is 0 Å². The van der Waals surface area contributed by atoms with Gasteiger partial charge in [0.15, 0.2) is 0 Å². The summed E-state index contributed by atoms with van der Waals surface area (Å²) in [6, 6.07) is 0.761. The molecule has 2 fully saturated rings. The summed E-state index contributed by atoms with van der Waals surface area (Å²) in [6.07, 6.45) is 4.83. The van der Waals surface area contributed by atoms with Crippen molar-refractivity contribution in [3.63, 3.8) is 0 Å². The van der Waals surface area contributed by atoms with Crippen LogP contribution < -0.4 is 0 Å². The maximum atomic E-state index is 12.0. The third-order valence-corrected chi connectivity index (χ3v) is 4.41. The minimum atomic E-state index is -0.174. The van der Waals surface area contributed by atoms with Gasteiger partial charge in [-0.25, -0.2) is 0 Å². The second-order valence-corrected chi connectivity index (χ2v) is 6.91. The Labute approximate surface area is 112 Å². The van der Waals surface area contributed by atoms with E-state index in [9.17, 15) is 4.79 Å². The van der Waals surface area contributed by atoms with Crippen molar-refractivity contribution in [2.24, 2.45) is 5.41 Å². The highest BCUT2D eigenvalue weighted by molar-refractivity contribution is 5.83. The average molecular weight is 252 g/mol. The number of piperazine rings is 1. The van der Waals surface area contributed by atoms with Gasteiger partial charge in [-0.15, -0.1) is 0 Å². The summed E-state index contributed by atoms with van der Waals surface area (Å²) >= 11 is 0. The molecule has 0 bridgehead atoms. The topological polar surface area (TPSA) is 23.6 Å². The molecule has 3 heteroatoms. The van der Waals surface area contributed by atoms with Gasteiger partial charge < -0.3 is 4.90 Å². The number of ketones is 1. The molecule has 0 radical (unpaired) electrons. The normalized spacial score (nSPS) is 26.9. The van der Waals surface area contributed by atoms with Gasteiger partial charge in [0.1, 0.15) is 5.78 Å². The monoisotopic (exact) mass is 252 g/mol. The Morgan fingerprint density at radius 1 is 1.17 bits per heavy atom.